The van der Waals surface area contributed by atoms with Gasteiger partial charge in [0, 0.05) is 43.6 Å². The summed E-state index contributed by atoms with van der Waals surface area (Å²) in [6.45, 7) is 4.76. The lowest BCUT2D eigenvalue weighted by Gasteiger charge is -2.22. The van der Waals surface area contributed by atoms with Gasteiger partial charge in [0.2, 0.25) is 0 Å². The van der Waals surface area contributed by atoms with Gasteiger partial charge in [-0.3, -0.25) is 9.69 Å². The molecule has 31 heavy (non-hydrogen) atoms. The van der Waals surface area contributed by atoms with Crippen molar-refractivity contribution in [1.29, 1.82) is 0 Å². The molecule has 3 atom stereocenters. The lowest BCUT2D eigenvalue weighted by atomic mass is 9.94. The summed E-state index contributed by atoms with van der Waals surface area (Å²) in [5, 5.41) is 7.03. The number of fused-ring (bicyclic) bond motifs is 3. The van der Waals surface area contributed by atoms with Crippen molar-refractivity contribution in [3.05, 3.63) is 83.0 Å². The number of rotatable bonds is 6. The zero-order valence-corrected chi connectivity index (χ0v) is 17.3. The summed E-state index contributed by atoms with van der Waals surface area (Å²) < 4.78 is 24.1. The number of likely N-dealkylation sites (tertiary alicyclic amines) is 1. The first-order valence-electron chi connectivity index (χ1n) is 10.5. The van der Waals surface area contributed by atoms with E-state index in [0.29, 0.717) is 29.7 Å². The van der Waals surface area contributed by atoms with Gasteiger partial charge in [-0.15, -0.1) is 0 Å². The van der Waals surface area contributed by atoms with Crippen LogP contribution in [0.1, 0.15) is 39.3 Å². The Morgan fingerprint density at radius 1 is 1.19 bits per heavy atom. The molecular formula is C24H24FN3O3. The average molecular weight is 421 g/mol. The summed E-state index contributed by atoms with van der Waals surface area (Å²) >= 11 is 0. The second-order valence-corrected chi connectivity index (χ2v) is 8.24. The number of amides is 1. The molecule has 1 N–H and O–H groups in total. The predicted molar refractivity (Wildman–Crippen MR) is 112 cm³/mol. The zero-order chi connectivity index (χ0) is 21.4. The highest BCUT2D eigenvalue weighted by atomic mass is 19.1. The Hall–Kier alpha value is -3.19. The van der Waals surface area contributed by atoms with Crippen molar-refractivity contribution in [3.63, 3.8) is 0 Å². The SMILES string of the molecule is Cc1cc(C(=O)N[C@@H]2c3ccccc3[C@@H]3CN(CCOc4cccc(F)c4)C[C@H]23)no1. The number of halogens is 1. The number of nitrogens with zero attached hydrogens (tertiary/aromatic N) is 2. The molecule has 2 aromatic carbocycles. The van der Waals surface area contributed by atoms with Crippen molar-refractivity contribution in [1.82, 2.24) is 15.4 Å². The number of carbonyl (C=O) groups excluding carboxylic acids is 1. The molecule has 7 heteroatoms. The molecule has 5 rings (SSSR count). The molecule has 1 amide bonds. The Balaban J connectivity index is 1.27. The number of benzene rings is 2. The molecule has 0 bridgehead atoms. The van der Waals surface area contributed by atoms with E-state index in [1.54, 1.807) is 25.1 Å². The zero-order valence-electron chi connectivity index (χ0n) is 17.3. The van der Waals surface area contributed by atoms with Crippen LogP contribution in [0.2, 0.25) is 0 Å². The van der Waals surface area contributed by atoms with E-state index < -0.39 is 0 Å². The molecule has 1 aliphatic carbocycles. The first kappa shape index (κ1) is 19.8. The number of carbonyl (C=O) groups is 1. The molecule has 1 saturated heterocycles. The van der Waals surface area contributed by atoms with E-state index in [1.807, 2.05) is 6.07 Å². The van der Waals surface area contributed by atoms with Crippen LogP contribution < -0.4 is 10.1 Å². The Labute approximate surface area is 180 Å². The van der Waals surface area contributed by atoms with E-state index in [0.717, 1.165) is 19.6 Å². The van der Waals surface area contributed by atoms with Crippen LogP contribution in [-0.2, 0) is 0 Å². The number of hydrogen-bond acceptors (Lipinski definition) is 5. The summed E-state index contributed by atoms with van der Waals surface area (Å²) in [6.07, 6.45) is 0. The van der Waals surface area contributed by atoms with E-state index in [9.17, 15) is 9.18 Å². The lowest BCUT2D eigenvalue weighted by molar-refractivity contribution is 0.0914. The fraction of sp³-hybridized carbons (Fsp3) is 0.333. The van der Waals surface area contributed by atoms with Gasteiger partial charge in [-0.1, -0.05) is 35.5 Å². The average Bonchev–Trinajstić information content (AvgIpc) is 3.44. The molecule has 0 saturated carbocycles. The maximum Gasteiger partial charge on any atom is 0.273 e. The number of nitrogens with one attached hydrogen (secondary N) is 1. The maximum absolute atomic E-state index is 13.3. The topological polar surface area (TPSA) is 67.6 Å². The summed E-state index contributed by atoms with van der Waals surface area (Å²) in [6, 6.07) is 16.1. The monoisotopic (exact) mass is 421 g/mol. The normalized spacial score (nSPS) is 22.2. The fourth-order valence-corrected chi connectivity index (χ4v) is 4.85. The third-order valence-electron chi connectivity index (χ3n) is 6.22. The Morgan fingerprint density at radius 3 is 2.81 bits per heavy atom. The summed E-state index contributed by atoms with van der Waals surface area (Å²) in [5.74, 6) is 1.27. The minimum absolute atomic E-state index is 0.0696. The molecule has 160 valence electrons. The first-order valence-corrected chi connectivity index (χ1v) is 10.5. The molecular weight excluding hydrogens is 397 g/mol. The van der Waals surface area contributed by atoms with Crippen LogP contribution in [0.25, 0.3) is 0 Å². The van der Waals surface area contributed by atoms with E-state index in [4.69, 9.17) is 9.26 Å². The summed E-state index contributed by atoms with van der Waals surface area (Å²) in [5.41, 5.74) is 2.78. The van der Waals surface area contributed by atoms with E-state index in [-0.39, 0.29) is 23.7 Å². The largest absolute Gasteiger partial charge is 0.492 e. The van der Waals surface area contributed by atoms with Gasteiger partial charge in [0.1, 0.15) is 23.9 Å². The number of aromatic nitrogens is 1. The Kier molecular flexibility index (Phi) is 5.19. The molecule has 1 aromatic heterocycles. The second-order valence-electron chi connectivity index (χ2n) is 8.24. The number of hydrogen-bond donors (Lipinski definition) is 1. The van der Waals surface area contributed by atoms with Crippen molar-refractivity contribution in [2.24, 2.45) is 5.92 Å². The molecule has 1 fully saturated rings. The molecule has 6 nitrogen and oxygen atoms in total. The molecule has 0 radical (unpaired) electrons. The van der Waals surface area contributed by atoms with E-state index >= 15 is 0 Å². The summed E-state index contributed by atoms with van der Waals surface area (Å²) in [4.78, 5) is 15.1. The third-order valence-corrected chi connectivity index (χ3v) is 6.22. The standard InChI is InChI=1S/C24H24FN3O3/c1-15-11-22(27-31-15)24(29)26-23-19-8-3-2-7-18(19)20-13-28(14-21(20)23)9-10-30-17-6-4-5-16(25)12-17/h2-8,11-12,20-21,23H,9-10,13-14H2,1H3,(H,26,29)/t20-,21-,23+/m0/s1. The molecule has 2 heterocycles. The smallest absolute Gasteiger partial charge is 0.273 e. The summed E-state index contributed by atoms with van der Waals surface area (Å²) in [7, 11) is 0. The molecule has 0 unspecified atom stereocenters. The highest BCUT2D eigenvalue weighted by molar-refractivity contribution is 5.92. The van der Waals surface area contributed by atoms with Gasteiger partial charge in [0.15, 0.2) is 5.69 Å². The Morgan fingerprint density at radius 2 is 2.03 bits per heavy atom. The number of ether oxygens (including phenoxy) is 1. The minimum atomic E-state index is -0.300. The van der Waals surface area contributed by atoms with Crippen molar-refractivity contribution >= 4 is 5.91 Å². The van der Waals surface area contributed by atoms with Crippen molar-refractivity contribution in [3.8, 4) is 5.75 Å². The van der Waals surface area contributed by atoms with Gasteiger partial charge < -0.3 is 14.6 Å². The van der Waals surface area contributed by atoms with Crippen LogP contribution in [0.5, 0.6) is 5.75 Å². The van der Waals surface area contributed by atoms with Gasteiger partial charge >= 0.3 is 0 Å². The van der Waals surface area contributed by atoms with Gasteiger partial charge in [-0.05, 0) is 30.2 Å². The van der Waals surface area contributed by atoms with Crippen molar-refractivity contribution < 1.29 is 18.4 Å². The van der Waals surface area contributed by atoms with E-state index in [2.05, 4.69) is 33.6 Å². The van der Waals surface area contributed by atoms with Gasteiger partial charge in [-0.2, -0.15) is 0 Å². The van der Waals surface area contributed by atoms with Gasteiger partial charge in [0.05, 0.1) is 6.04 Å². The van der Waals surface area contributed by atoms with Crippen LogP contribution in [0.3, 0.4) is 0 Å². The molecule has 3 aromatic rings. The Bertz CT molecular complexity index is 1100. The highest BCUT2D eigenvalue weighted by Gasteiger charge is 2.46. The maximum atomic E-state index is 13.3. The quantitative estimate of drug-likeness (QED) is 0.657. The molecule has 1 aliphatic heterocycles. The minimum Gasteiger partial charge on any atom is -0.492 e. The highest BCUT2D eigenvalue weighted by Crippen LogP contribution is 2.49. The van der Waals surface area contributed by atoms with Crippen LogP contribution >= 0.6 is 0 Å². The van der Waals surface area contributed by atoms with Crippen molar-refractivity contribution in [2.45, 2.75) is 18.9 Å². The lowest BCUT2D eigenvalue weighted by Crippen LogP contribution is -2.34. The van der Waals surface area contributed by atoms with Crippen LogP contribution in [0, 0.1) is 18.7 Å². The fourth-order valence-electron chi connectivity index (χ4n) is 4.85. The molecule has 0 spiro atoms. The van der Waals surface area contributed by atoms with Gasteiger partial charge in [-0.25, -0.2) is 4.39 Å². The van der Waals surface area contributed by atoms with E-state index in [1.165, 1.54) is 23.3 Å². The van der Waals surface area contributed by atoms with Crippen LogP contribution in [0.4, 0.5) is 4.39 Å². The first-order chi connectivity index (χ1) is 15.1. The van der Waals surface area contributed by atoms with Crippen LogP contribution in [0.15, 0.2) is 59.1 Å². The van der Waals surface area contributed by atoms with Crippen LogP contribution in [-0.4, -0.2) is 42.2 Å². The van der Waals surface area contributed by atoms with Crippen molar-refractivity contribution in [2.75, 3.05) is 26.2 Å². The third kappa shape index (κ3) is 3.93. The second kappa shape index (κ2) is 8.15. The van der Waals surface area contributed by atoms with Gasteiger partial charge in [0.25, 0.3) is 5.91 Å². The molecule has 2 aliphatic rings. The number of aryl methyl sites for hydroxylation is 1. The predicted octanol–water partition coefficient (Wildman–Crippen LogP) is 3.70.